The lowest BCUT2D eigenvalue weighted by Crippen LogP contribution is -2.00. The Morgan fingerprint density at radius 3 is 2.37 bits per heavy atom. The highest BCUT2D eigenvalue weighted by Crippen LogP contribution is 2.32. The number of benzene rings is 2. The van der Waals surface area contributed by atoms with E-state index in [0.29, 0.717) is 17.2 Å². The number of anilines is 1. The van der Waals surface area contributed by atoms with Crippen molar-refractivity contribution in [2.75, 3.05) is 12.4 Å². The molecule has 4 nitrogen and oxygen atoms in total. The summed E-state index contributed by atoms with van der Waals surface area (Å²) in [5, 5.41) is 3.85. The molecule has 0 radical (unpaired) electrons. The van der Waals surface area contributed by atoms with Crippen molar-refractivity contribution in [3.63, 3.8) is 0 Å². The Balaban J connectivity index is 1.94. The van der Waals surface area contributed by atoms with Crippen LogP contribution in [0.3, 0.4) is 0 Å². The molecule has 2 aromatic carbocycles. The highest BCUT2D eigenvalue weighted by molar-refractivity contribution is 5.95. The van der Waals surface area contributed by atoms with E-state index in [9.17, 15) is 8.78 Å². The van der Waals surface area contributed by atoms with Gasteiger partial charge in [-0.2, -0.15) is 0 Å². The smallest absolute Gasteiger partial charge is 0.163 e. The fourth-order valence-corrected chi connectivity index (χ4v) is 3.12. The number of nitrogens with zero attached hydrogens (tertiary/aromatic N) is 3. The molecule has 4 rings (SSSR count). The summed E-state index contributed by atoms with van der Waals surface area (Å²) < 4.78 is 27.3. The highest BCUT2D eigenvalue weighted by Gasteiger charge is 2.13. The van der Waals surface area contributed by atoms with Gasteiger partial charge in [0.15, 0.2) is 5.82 Å². The first-order chi connectivity index (χ1) is 13.0. The van der Waals surface area contributed by atoms with Crippen LogP contribution in [-0.4, -0.2) is 22.0 Å². The van der Waals surface area contributed by atoms with Crippen LogP contribution in [-0.2, 0) is 0 Å². The van der Waals surface area contributed by atoms with Gasteiger partial charge < -0.3 is 5.32 Å². The predicted molar refractivity (Wildman–Crippen MR) is 102 cm³/mol. The maximum absolute atomic E-state index is 13.7. The summed E-state index contributed by atoms with van der Waals surface area (Å²) in [6, 6.07) is 11.0. The summed E-state index contributed by atoms with van der Waals surface area (Å²) in [6.45, 7) is 1.89. The second kappa shape index (κ2) is 6.72. The Kier molecular flexibility index (Phi) is 4.24. The molecule has 0 unspecified atom stereocenters. The molecule has 134 valence electrons. The molecule has 0 aliphatic heterocycles. The molecule has 0 saturated carbocycles. The molecule has 0 fully saturated rings. The zero-order valence-corrected chi connectivity index (χ0v) is 14.8. The zero-order chi connectivity index (χ0) is 19.0. The molecule has 1 N–H and O–H groups in total. The third-order valence-corrected chi connectivity index (χ3v) is 4.37. The topological polar surface area (TPSA) is 50.7 Å². The van der Waals surface area contributed by atoms with Crippen LogP contribution in [0.4, 0.5) is 14.6 Å². The molecule has 0 atom stereocenters. The maximum Gasteiger partial charge on any atom is 0.163 e. The molecule has 0 aliphatic carbocycles. The number of aryl methyl sites for hydroxylation is 1. The summed E-state index contributed by atoms with van der Waals surface area (Å²) in [6.07, 6.45) is 3.40. The van der Waals surface area contributed by atoms with Gasteiger partial charge >= 0.3 is 0 Å². The molecule has 0 saturated heterocycles. The van der Waals surface area contributed by atoms with Gasteiger partial charge in [0.05, 0.1) is 5.52 Å². The summed E-state index contributed by atoms with van der Waals surface area (Å²) in [4.78, 5) is 13.3. The van der Waals surface area contributed by atoms with E-state index in [2.05, 4.69) is 20.3 Å². The largest absolute Gasteiger partial charge is 0.373 e. The van der Waals surface area contributed by atoms with Gasteiger partial charge in [-0.05, 0) is 60.0 Å². The van der Waals surface area contributed by atoms with Gasteiger partial charge in [0.25, 0.3) is 0 Å². The van der Waals surface area contributed by atoms with E-state index in [0.717, 1.165) is 33.7 Å². The first-order valence-electron chi connectivity index (χ1n) is 8.42. The van der Waals surface area contributed by atoms with Crippen LogP contribution >= 0.6 is 0 Å². The van der Waals surface area contributed by atoms with Crippen LogP contribution in [0.5, 0.6) is 0 Å². The number of nitrogens with one attached hydrogen (secondary N) is 1. The second-order valence-corrected chi connectivity index (χ2v) is 6.23. The van der Waals surface area contributed by atoms with Crippen molar-refractivity contribution >= 4 is 16.7 Å². The van der Waals surface area contributed by atoms with Gasteiger partial charge in [-0.1, -0.05) is 0 Å². The maximum atomic E-state index is 13.7. The third-order valence-electron chi connectivity index (χ3n) is 4.37. The van der Waals surface area contributed by atoms with Crippen molar-refractivity contribution in [1.29, 1.82) is 0 Å². The van der Waals surface area contributed by atoms with Crippen LogP contribution in [0.25, 0.3) is 33.4 Å². The molecule has 0 bridgehead atoms. The number of rotatable bonds is 3. The fraction of sp³-hybridized carbons (Fsp3) is 0.0952. The standard InChI is InChI=1S/C21H16F2N4/c1-12-6-19-18(10-17(12)14-7-15(22)9-16(23)8-14)21(24-2)27-20(26-19)13-4-3-5-25-11-13/h3-11H,1-2H3,(H,24,26,27). The third kappa shape index (κ3) is 3.21. The van der Waals surface area contributed by atoms with E-state index in [1.165, 1.54) is 12.1 Å². The Bertz CT molecular complexity index is 1120. The lowest BCUT2D eigenvalue weighted by molar-refractivity contribution is 0.584. The van der Waals surface area contributed by atoms with E-state index < -0.39 is 11.6 Å². The minimum atomic E-state index is -0.610. The fourth-order valence-electron chi connectivity index (χ4n) is 3.12. The summed E-state index contributed by atoms with van der Waals surface area (Å²) in [5.74, 6) is -0.0242. The minimum absolute atomic E-state index is 0.477. The average Bonchev–Trinajstić information content (AvgIpc) is 2.66. The zero-order valence-electron chi connectivity index (χ0n) is 14.8. The number of halogens is 2. The number of aromatic nitrogens is 3. The van der Waals surface area contributed by atoms with Crippen LogP contribution < -0.4 is 5.32 Å². The Hall–Kier alpha value is -3.41. The second-order valence-electron chi connectivity index (χ2n) is 6.23. The van der Waals surface area contributed by atoms with Crippen molar-refractivity contribution in [3.8, 4) is 22.5 Å². The van der Waals surface area contributed by atoms with Crippen molar-refractivity contribution in [3.05, 3.63) is 72.1 Å². The SMILES string of the molecule is CNc1nc(-c2cccnc2)nc2cc(C)c(-c3cc(F)cc(F)c3)cc12. The van der Waals surface area contributed by atoms with Crippen molar-refractivity contribution in [2.45, 2.75) is 6.92 Å². The van der Waals surface area contributed by atoms with Crippen LogP contribution in [0, 0.1) is 18.6 Å². The average molecular weight is 362 g/mol. The van der Waals surface area contributed by atoms with Crippen molar-refractivity contribution in [2.24, 2.45) is 0 Å². The molecule has 4 aromatic rings. The number of fused-ring (bicyclic) bond motifs is 1. The molecule has 0 aliphatic rings. The van der Waals surface area contributed by atoms with Crippen LogP contribution in [0.1, 0.15) is 5.56 Å². The Labute approximate surface area is 154 Å². The molecular formula is C21H16F2N4. The van der Waals surface area contributed by atoms with Gasteiger partial charge in [-0.3, -0.25) is 4.98 Å². The van der Waals surface area contributed by atoms with Gasteiger partial charge in [0, 0.05) is 36.5 Å². The lowest BCUT2D eigenvalue weighted by atomic mass is 9.98. The van der Waals surface area contributed by atoms with E-state index in [4.69, 9.17) is 0 Å². The quantitative estimate of drug-likeness (QED) is 0.558. The summed E-state index contributed by atoms with van der Waals surface area (Å²) in [7, 11) is 1.77. The van der Waals surface area contributed by atoms with Crippen molar-refractivity contribution < 1.29 is 8.78 Å². The summed E-state index contributed by atoms with van der Waals surface area (Å²) >= 11 is 0. The normalized spacial score (nSPS) is 11.0. The molecule has 6 heteroatoms. The summed E-state index contributed by atoms with van der Waals surface area (Å²) in [5.41, 5.74) is 3.63. The number of pyridine rings is 1. The van der Waals surface area contributed by atoms with E-state index >= 15 is 0 Å². The lowest BCUT2D eigenvalue weighted by Gasteiger charge is -2.13. The molecular weight excluding hydrogens is 346 g/mol. The van der Waals surface area contributed by atoms with Crippen LogP contribution in [0.2, 0.25) is 0 Å². The number of hydrogen-bond donors (Lipinski definition) is 1. The first-order valence-corrected chi connectivity index (χ1v) is 8.42. The molecule has 0 amide bonds. The Morgan fingerprint density at radius 2 is 1.70 bits per heavy atom. The van der Waals surface area contributed by atoms with Crippen molar-refractivity contribution in [1.82, 2.24) is 15.0 Å². The van der Waals surface area contributed by atoms with E-state index in [-0.39, 0.29) is 0 Å². The molecule has 0 spiro atoms. The Morgan fingerprint density at radius 1 is 0.926 bits per heavy atom. The monoisotopic (exact) mass is 362 g/mol. The van der Waals surface area contributed by atoms with Gasteiger partial charge in [0.2, 0.25) is 0 Å². The van der Waals surface area contributed by atoms with E-state index in [1.807, 2.05) is 31.2 Å². The van der Waals surface area contributed by atoms with Gasteiger partial charge in [-0.25, -0.2) is 18.7 Å². The van der Waals surface area contributed by atoms with E-state index in [1.54, 1.807) is 19.4 Å². The molecule has 2 aromatic heterocycles. The van der Waals surface area contributed by atoms with Gasteiger partial charge in [0.1, 0.15) is 17.5 Å². The number of hydrogen-bond acceptors (Lipinski definition) is 4. The highest BCUT2D eigenvalue weighted by atomic mass is 19.1. The molecule has 2 heterocycles. The minimum Gasteiger partial charge on any atom is -0.373 e. The first kappa shape index (κ1) is 17.0. The predicted octanol–water partition coefficient (Wildman–Crippen LogP) is 4.99. The van der Waals surface area contributed by atoms with Crippen LogP contribution in [0.15, 0.2) is 54.9 Å². The molecule has 27 heavy (non-hydrogen) atoms. The van der Waals surface area contributed by atoms with Gasteiger partial charge in [-0.15, -0.1) is 0 Å².